The molecule has 168 valence electrons. The third-order valence-electron chi connectivity index (χ3n) is 5.19. The molecule has 0 aliphatic heterocycles. The summed E-state index contributed by atoms with van der Waals surface area (Å²) in [7, 11) is -1.87. The molecule has 3 rings (SSSR count). The lowest BCUT2D eigenvalue weighted by Crippen LogP contribution is -2.29. The van der Waals surface area contributed by atoms with Gasteiger partial charge < -0.3 is 10.1 Å². The minimum absolute atomic E-state index is 0.182. The third kappa shape index (κ3) is 5.68. The first-order valence-corrected chi connectivity index (χ1v) is 12.1. The zero-order valence-corrected chi connectivity index (χ0v) is 19.5. The van der Waals surface area contributed by atoms with Crippen molar-refractivity contribution in [1.29, 1.82) is 0 Å². The molecule has 3 aromatic carbocycles. The molecule has 0 heterocycles. The van der Waals surface area contributed by atoms with E-state index in [2.05, 4.69) is 5.32 Å². The molecule has 1 amide bonds. The van der Waals surface area contributed by atoms with E-state index in [1.165, 1.54) is 10.6 Å². The molecule has 1 atom stereocenters. The fourth-order valence-electron chi connectivity index (χ4n) is 3.49. The Morgan fingerprint density at radius 2 is 1.72 bits per heavy atom. The number of nitrogens with zero attached hydrogens (tertiary/aromatic N) is 1. The van der Waals surface area contributed by atoms with Crippen LogP contribution in [0.2, 0.25) is 0 Å². The van der Waals surface area contributed by atoms with Gasteiger partial charge in [0.2, 0.25) is 10.0 Å². The first kappa shape index (κ1) is 23.3. The minimum Gasteiger partial charge on any atom is -0.496 e. The van der Waals surface area contributed by atoms with Crippen molar-refractivity contribution in [1.82, 2.24) is 5.32 Å². The van der Waals surface area contributed by atoms with Gasteiger partial charge in [-0.25, -0.2) is 8.42 Å². The Labute approximate surface area is 189 Å². The second-order valence-corrected chi connectivity index (χ2v) is 9.65. The van der Waals surface area contributed by atoms with Crippen LogP contribution in [-0.2, 0) is 16.6 Å². The zero-order valence-electron chi connectivity index (χ0n) is 18.7. The normalized spacial score (nSPS) is 12.1. The van der Waals surface area contributed by atoms with E-state index in [1.54, 1.807) is 37.4 Å². The molecule has 3 aromatic rings. The van der Waals surface area contributed by atoms with E-state index in [0.717, 1.165) is 16.7 Å². The molecule has 1 N–H and O–H groups in total. The Bertz CT molecular complexity index is 1190. The van der Waals surface area contributed by atoms with Crippen LogP contribution < -0.4 is 14.4 Å². The van der Waals surface area contributed by atoms with Crippen LogP contribution >= 0.6 is 0 Å². The number of anilines is 1. The molecule has 0 saturated carbocycles. The van der Waals surface area contributed by atoms with Crippen LogP contribution in [0.5, 0.6) is 5.75 Å². The molecule has 0 aliphatic carbocycles. The highest BCUT2D eigenvalue weighted by molar-refractivity contribution is 7.92. The largest absolute Gasteiger partial charge is 0.496 e. The van der Waals surface area contributed by atoms with Crippen molar-refractivity contribution >= 4 is 21.6 Å². The summed E-state index contributed by atoms with van der Waals surface area (Å²) in [4.78, 5) is 12.7. The summed E-state index contributed by atoms with van der Waals surface area (Å²) in [6, 6.07) is 21.6. The van der Waals surface area contributed by atoms with Gasteiger partial charge in [0.05, 0.1) is 31.6 Å². The van der Waals surface area contributed by atoms with E-state index in [1.807, 2.05) is 56.3 Å². The Kier molecular flexibility index (Phi) is 7.20. The molecular weight excluding hydrogens is 424 g/mol. The number of carbonyl (C=O) groups is 1. The number of carbonyl (C=O) groups excluding carboxylic acids is 1. The third-order valence-corrected chi connectivity index (χ3v) is 6.33. The first-order chi connectivity index (χ1) is 15.2. The van der Waals surface area contributed by atoms with E-state index in [-0.39, 0.29) is 18.5 Å². The maximum absolute atomic E-state index is 12.7. The van der Waals surface area contributed by atoms with Gasteiger partial charge in [-0.3, -0.25) is 9.10 Å². The number of benzene rings is 3. The summed E-state index contributed by atoms with van der Waals surface area (Å²) >= 11 is 0. The second kappa shape index (κ2) is 9.87. The van der Waals surface area contributed by atoms with Crippen molar-refractivity contribution in [3.05, 3.63) is 95.1 Å². The van der Waals surface area contributed by atoms with Gasteiger partial charge in [-0.15, -0.1) is 0 Å². The van der Waals surface area contributed by atoms with Crippen LogP contribution in [0.15, 0.2) is 72.8 Å². The first-order valence-electron chi connectivity index (χ1n) is 10.3. The summed E-state index contributed by atoms with van der Waals surface area (Å²) in [5, 5.41) is 2.98. The van der Waals surface area contributed by atoms with E-state index in [4.69, 9.17) is 4.74 Å². The topological polar surface area (TPSA) is 75.7 Å². The van der Waals surface area contributed by atoms with Gasteiger partial charge in [-0.05, 0) is 55.3 Å². The number of ether oxygens (including phenoxy) is 1. The Morgan fingerprint density at radius 1 is 1.03 bits per heavy atom. The Balaban J connectivity index is 1.74. The number of hydrogen-bond acceptors (Lipinski definition) is 4. The van der Waals surface area contributed by atoms with Crippen LogP contribution in [0.1, 0.15) is 40.0 Å². The lowest BCUT2D eigenvalue weighted by Gasteiger charge is -2.23. The SMILES string of the molecule is COc1ccccc1[C@@H](C)NC(=O)c1ccc(CN(c2cccc(C)c2)S(C)(=O)=O)cc1. The standard InChI is InChI=1S/C25H28N2O4S/c1-18-8-7-9-22(16-18)27(32(4,29)30)17-20-12-14-21(15-13-20)25(28)26-19(2)23-10-5-6-11-24(23)31-3/h5-16,19H,17H2,1-4H3,(H,26,28)/t19-/m1/s1. The number of nitrogens with one attached hydrogen (secondary N) is 1. The molecular formula is C25H28N2O4S. The highest BCUT2D eigenvalue weighted by Crippen LogP contribution is 2.25. The number of amides is 1. The van der Waals surface area contributed by atoms with Crippen LogP contribution in [0.25, 0.3) is 0 Å². The molecule has 0 bridgehead atoms. The van der Waals surface area contributed by atoms with Crippen molar-refractivity contribution in [3.8, 4) is 5.75 Å². The summed E-state index contributed by atoms with van der Waals surface area (Å²) in [5.41, 5.74) is 3.76. The molecule has 0 fully saturated rings. The van der Waals surface area contributed by atoms with Crippen LogP contribution in [0.3, 0.4) is 0 Å². The molecule has 32 heavy (non-hydrogen) atoms. The summed E-state index contributed by atoms with van der Waals surface area (Å²) in [5.74, 6) is 0.501. The number of hydrogen-bond donors (Lipinski definition) is 1. The minimum atomic E-state index is -3.47. The highest BCUT2D eigenvalue weighted by Gasteiger charge is 2.19. The van der Waals surface area contributed by atoms with E-state index < -0.39 is 10.0 Å². The molecule has 0 spiro atoms. The molecule has 6 nitrogen and oxygen atoms in total. The summed E-state index contributed by atoms with van der Waals surface area (Å²) < 4.78 is 31.5. The predicted molar refractivity (Wildman–Crippen MR) is 128 cm³/mol. The summed E-state index contributed by atoms with van der Waals surface area (Å²) in [6.45, 7) is 4.00. The smallest absolute Gasteiger partial charge is 0.251 e. The average Bonchev–Trinajstić information content (AvgIpc) is 2.77. The number of methoxy groups -OCH3 is 1. The maximum Gasteiger partial charge on any atom is 0.251 e. The number of sulfonamides is 1. The Hall–Kier alpha value is -3.32. The van der Waals surface area contributed by atoms with Crippen molar-refractivity contribution in [3.63, 3.8) is 0 Å². The van der Waals surface area contributed by atoms with Crippen molar-refractivity contribution in [2.75, 3.05) is 17.7 Å². The van der Waals surface area contributed by atoms with Gasteiger partial charge in [0.1, 0.15) is 5.75 Å². The quantitative estimate of drug-likeness (QED) is 0.548. The van der Waals surface area contributed by atoms with Gasteiger partial charge in [-0.1, -0.05) is 42.5 Å². The van der Waals surface area contributed by atoms with E-state index in [0.29, 0.717) is 17.0 Å². The fourth-order valence-corrected chi connectivity index (χ4v) is 4.37. The number of rotatable bonds is 8. The van der Waals surface area contributed by atoms with Gasteiger partial charge in [0, 0.05) is 11.1 Å². The number of aryl methyl sites for hydroxylation is 1. The number of para-hydroxylation sites is 1. The van der Waals surface area contributed by atoms with Crippen molar-refractivity contribution < 1.29 is 17.9 Å². The second-order valence-electron chi connectivity index (χ2n) is 7.74. The molecule has 0 aliphatic rings. The van der Waals surface area contributed by atoms with Crippen LogP contribution in [0, 0.1) is 6.92 Å². The maximum atomic E-state index is 12.7. The molecule has 0 aromatic heterocycles. The van der Waals surface area contributed by atoms with Gasteiger partial charge in [0.15, 0.2) is 0 Å². The zero-order chi connectivity index (χ0) is 23.3. The van der Waals surface area contributed by atoms with Gasteiger partial charge in [-0.2, -0.15) is 0 Å². The Morgan fingerprint density at radius 3 is 2.34 bits per heavy atom. The van der Waals surface area contributed by atoms with Crippen LogP contribution in [0.4, 0.5) is 5.69 Å². The predicted octanol–water partition coefficient (Wildman–Crippen LogP) is 4.46. The molecule has 7 heteroatoms. The molecule has 0 unspecified atom stereocenters. The lowest BCUT2D eigenvalue weighted by molar-refractivity contribution is 0.0939. The van der Waals surface area contributed by atoms with Crippen molar-refractivity contribution in [2.45, 2.75) is 26.4 Å². The van der Waals surface area contributed by atoms with Gasteiger partial charge >= 0.3 is 0 Å². The van der Waals surface area contributed by atoms with E-state index >= 15 is 0 Å². The van der Waals surface area contributed by atoms with E-state index in [9.17, 15) is 13.2 Å². The fraction of sp³-hybridized carbons (Fsp3) is 0.240. The monoisotopic (exact) mass is 452 g/mol. The highest BCUT2D eigenvalue weighted by atomic mass is 32.2. The molecule has 0 saturated heterocycles. The van der Waals surface area contributed by atoms with Crippen LogP contribution in [-0.4, -0.2) is 27.7 Å². The lowest BCUT2D eigenvalue weighted by atomic mass is 10.1. The van der Waals surface area contributed by atoms with Crippen molar-refractivity contribution in [2.24, 2.45) is 0 Å². The molecule has 0 radical (unpaired) electrons. The average molecular weight is 453 g/mol. The van der Waals surface area contributed by atoms with Gasteiger partial charge in [0.25, 0.3) is 5.91 Å². The summed E-state index contributed by atoms with van der Waals surface area (Å²) in [6.07, 6.45) is 1.19.